The molecule has 0 radical (unpaired) electrons. The van der Waals surface area contributed by atoms with Crippen LogP contribution in [0, 0.1) is 13.8 Å². The fourth-order valence-corrected chi connectivity index (χ4v) is 5.39. The van der Waals surface area contributed by atoms with E-state index in [1.54, 1.807) is 38.1 Å². The number of nitrogens with one attached hydrogen (secondary N) is 1. The molecule has 11 heteroatoms. The molecule has 0 heterocycles. The molecule has 0 unspecified atom stereocenters. The maximum absolute atomic E-state index is 13.9. The highest BCUT2D eigenvalue weighted by Gasteiger charge is 2.34. The fraction of sp³-hybridized carbons (Fsp3) is 0.462. The highest BCUT2D eigenvalue weighted by atomic mass is 35.5. The van der Waals surface area contributed by atoms with E-state index in [1.165, 1.54) is 19.0 Å². The van der Waals surface area contributed by atoms with Crippen LogP contribution in [0.3, 0.4) is 0 Å². The summed E-state index contributed by atoms with van der Waals surface area (Å²) in [5, 5.41) is 3.64. The lowest BCUT2D eigenvalue weighted by Gasteiger charge is -2.34. The van der Waals surface area contributed by atoms with Crippen LogP contribution in [0.4, 0.5) is 5.69 Å². The molecule has 204 valence electrons. The van der Waals surface area contributed by atoms with E-state index < -0.39 is 28.7 Å². The van der Waals surface area contributed by atoms with E-state index in [4.69, 9.17) is 23.2 Å². The van der Waals surface area contributed by atoms with E-state index in [0.29, 0.717) is 39.8 Å². The van der Waals surface area contributed by atoms with Gasteiger partial charge in [0.1, 0.15) is 12.6 Å². The van der Waals surface area contributed by atoms with Crippen molar-refractivity contribution in [1.82, 2.24) is 14.5 Å². The summed E-state index contributed by atoms with van der Waals surface area (Å²) < 4.78 is 28.9. The Morgan fingerprint density at radius 3 is 2.27 bits per heavy atom. The molecule has 0 aliphatic carbocycles. The minimum absolute atomic E-state index is 0.00946. The molecule has 0 aromatic heterocycles. The highest BCUT2D eigenvalue weighted by molar-refractivity contribution is 7.90. The second-order valence-corrected chi connectivity index (χ2v) is 12.0. The number of rotatable bonds is 12. The third-order valence-corrected chi connectivity index (χ3v) is 8.34. The molecule has 0 aliphatic heterocycles. The monoisotopic (exact) mass is 570 g/mol. The number of hydrogen-bond donors (Lipinski definition) is 1. The van der Waals surface area contributed by atoms with E-state index in [-0.39, 0.29) is 12.5 Å². The molecule has 1 atom stereocenters. The van der Waals surface area contributed by atoms with Crippen molar-refractivity contribution in [3.63, 3.8) is 0 Å². The average Bonchev–Trinajstić information content (AvgIpc) is 2.83. The Kier molecular flexibility index (Phi) is 11.2. The molecule has 2 aromatic rings. The van der Waals surface area contributed by atoms with Crippen LogP contribution in [0.25, 0.3) is 0 Å². The van der Waals surface area contributed by atoms with E-state index in [2.05, 4.69) is 5.32 Å². The summed E-state index contributed by atoms with van der Waals surface area (Å²) >= 11 is 12.5. The molecule has 0 aliphatic rings. The molecule has 1 N–H and O–H groups in total. The standard InChI is InChI=1S/C26H36Cl2N4O4S/c1-7-13-29-26(34)23(8-2)31(16-20-11-12-21(27)15-22(20)28)25(33)17-32(37(35,36)30(5)6)24-14-18(3)9-10-19(24)4/h9-12,14-15,23H,7-8,13,16-17H2,1-6H3,(H,29,34)/t23-/m1/s1. The summed E-state index contributed by atoms with van der Waals surface area (Å²) in [7, 11) is -1.21. The van der Waals surface area contributed by atoms with Gasteiger partial charge in [0, 0.05) is 37.2 Å². The molecular formula is C26H36Cl2N4O4S. The minimum Gasteiger partial charge on any atom is -0.354 e. The number of benzene rings is 2. The first kappa shape index (κ1) is 30.9. The highest BCUT2D eigenvalue weighted by Crippen LogP contribution is 2.27. The van der Waals surface area contributed by atoms with Gasteiger partial charge in [0.25, 0.3) is 0 Å². The van der Waals surface area contributed by atoms with Crippen molar-refractivity contribution in [2.75, 3.05) is 31.5 Å². The molecule has 0 fully saturated rings. The summed E-state index contributed by atoms with van der Waals surface area (Å²) in [5.41, 5.74) is 2.54. The quantitative estimate of drug-likeness (QED) is 0.405. The van der Waals surface area contributed by atoms with E-state index in [0.717, 1.165) is 20.6 Å². The maximum Gasteiger partial charge on any atom is 0.304 e. The lowest BCUT2D eigenvalue weighted by atomic mass is 10.1. The third-order valence-electron chi connectivity index (χ3n) is 5.94. The number of carbonyl (C=O) groups is 2. The number of carbonyl (C=O) groups excluding carboxylic acids is 2. The molecule has 2 amide bonds. The summed E-state index contributed by atoms with van der Waals surface area (Å²) in [5.74, 6) is -0.840. The van der Waals surface area contributed by atoms with Gasteiger partial charge in [0.05, 0.1) is 5.69 Å². The fourth-order valence-electron chi connectivity index (χ4n) is 3.81. The van der Waals surface area contributed by atoms with Crippen LogP contribution in [0.1, 0.15) is 43.4 Å². The first-order chi connectivity index (χ1) is 17.3. The van der Waals surface area contributed by atoms with Gasteiger partial charge in [-0.05, 0) is 61.6 Å². The van der Waals surface area contributed by atoms with Gasteiger partial charge >= 0.3 is 10.2 Å². The molecule has 2 rings (SSSR count). The predicted octanol–water partition coefficient (Wildman–Crippen LogP) is 4.56. The molecule has 37 heavy (non-hydrogen) atoms. The van der Waals surface area contributed by atoms with Gasteiger partial charge in [-0.3, -0.25) is 9.59 Å². The Bertz CT molecular complexity index is 1220. The van der Waals surface area contributed by atoms with Crippen LogP contribution >= 0.6 is 23.2 Å². The first-order valence-electron chi connectivity index (χ1n) is 12.1. The zero-order chi connectivity index (χ0) is 27.9. The Morgan fingerprint density at radius 2 is 1.70 bits per heavy atom. The summed E-state index contributed by atoms with van der Waals surface area (Å²) in [6.45, 7) is 7.36. The zero-order valence-corrected chi connectivity index (χ0v) is 24.5. The number of anilines is 1. The van der Waals surface area contributed by atoms with Gasteiger partial charge in [-0.2, -0.15) is 12.7 Å². The summed E-state index contributed by atoms with van der Waals surface area (Å²) in [6.07, 6.45) is 1.07. The lowest BCUT2D eigenvalue weighted by Crippen LogP contribution is -2.53. The molecule has 2 aromatic carbocycles. The molecular weight excluding hydrogens is 535 g/mol. The van der Waals surface area contributed by atoms with Gasteiger partial charge in [0.15, 0.2) is 0 Å². The smallest absolute Gasteiger partial charge is 0.304 e. The Labute approximate surface area is 230 Å². The van der Waals surface area contributed by atoms with Crippen molar-refractivity contribution in [1.29, 1.82) is 0 Å². The van der Waals surface area contributed by atoms with Crippen LogP contribution in [0.15, 0.2) is 36.4 Å². The summed E-state index contributed by atoms with van der Waals surface area (Å²) in [4.78, 5) is 28.4. The number of hydrogen-bond acceptors (Lipinski definition) is 4. The average molecular weight is 572 g/mol. The molecule has 0 saturated carbocycles. The van der Waals surface area contributed by atoms with E-state index in [9.17, 15) is 18.0 Å². The van der Waals surface area contributed by atoms with Gasteiger partial charge in [-0.15, -0.1) is 0 Å². The number of nitrogens with zero attached hydrogens (tertiary/aromatic N) is 3. The van der Waals surface area contributed by atoms with Crippen molar-refractivity contribution in [2.45, 2.75) is 53.1 Å². The van der Waals surface area contributed by atoms with E-state index in [1.807, 2.05) is 26.0 Å². The SMILES string of the molecule is CCCNC(=O)[C@@H](CC)N(Cc1ccc(Cl)cc1Cl)C(=O)CN(c1cc(C)ccc1C)S(=O)(=O)N(C)C. The summed E-state index contributed by atoms with van der Waals surface area (Å²) in [6, 6.07) is 9.51. The number of amides is 2. The van der Waals surface area contributed by atoms with Crippen molar-refractivity contribution in [3.8, 4) is 0 Å². The topological polar surface area (TPSA) is 90.0 Å². The molecule has 8 nitrogen and oxygen atoms in total. The second-order valence-electron chi connectivity index (χ2n) is 9.06. The number of halogens is 2. The Morgan fingerprint density at radius 1 is 1.03 bits per heavy atom. The van der Waals surface area contributed by atoms with Gasteiger partial charge in [0.2, 0.25) is 11.8 Å². The second kappa shape index (κ2) is 13.5. The van der Waals surface area contributed by atoms with Crippen LogP contribution in [-0.2, 0) is 26.3 Å². The zero-order valence-electron chi connectivity index (χ0n) is 22.2. The van der Waals surface area contributed by atoms with Crippen molar-refractivity contribution in [2.24, 2.45) is 0 Å². The molecule has 0 bridgehead atoms. The minimum atomic E-state index is -4.04. The first-order valence-corrected chi connectivity index (χ1v) is 14.3. The predicted molar refractivity (Wildman–Crippen MR) is 150 cm³/mol. The normalized spacial score (nSPS) is 12.4. The number of aryl methyl sites for hydroxylation is 2. The Balaban J connectivity index is 2.57. The van der Waals surface area contributed by atoms with Gasteiger partial charge in [-0.25, -0.2) is 4.31 Å². The lowest BCUT2D eigenvalue weighted by molar-refractivity contribution is -0.140. The maximum atomic E-state index is 13.9. The molecule has 0 spiro atoms. The van der Waals surface area contributed by atoms with Crippen molar-refractivity contribution < 1.29 is 18.0 Å². The molecule has 0 saturated heterocycles. The van der Waals surface area contributed by atoms with Gasteiger partial charge in [-0.1, -0.05) is 55.2 Å². The Hall–Kier alpha value is -2.33. The van der Waals surface area contributed by atoms with Crippen LogP contribution in [0.5, 0.6) is 0 Å². The third kappa shape index (κ3) is 7.83. The van der Waals surface area contributed by atoms with E-state index >= 15 is 0 Å². The van der Waals surface area contributed by atoms with Crippen molar-refractivity contribution in [3.05, 3.63) is 63.1 Å². The largest absolute Gasteiger partial charge is 0.354 e. The van der Waals surface area contributed by atoms with Crippen molar-refractivity contribution >= 4 is 50.9 Å². The van der Waals surface area contributed by atoms with Crippen LogP contribution in [0.2, 0.25) is 10.0 Å². The van der Waals surface area contributed by atoms with Gasteiger partial charge < -0.3 is 10.2 Å². The van der Waals surface area contributed by atoms with Crippen LogP contribution < -0.4 is 9.62 Å². The van der Waals surface area contributed by atoms with Crippen LogP contribution in [-0.4, -0.2) is 62.7 Å².